The number of carbonyl (C=O) groups is 2. The van der Waals surface area contributed by atoms with Crippen LogP contribution in [0.3, 0.4) is 0 Å². The van der Waals surface area contributed by atoms with Crippen LogP contribution in [0.4, 0.5) is 28.9 Å². The molecule has 0 fully saturated rings. The molecule has 0 saturated carbocycles. The Morgan fingerprint density at radius 2 is 2.00 bits per heavy atom. The predicted octanol–water partition coefficient (Wildman–Crippen LogP) is 2.41. The average Bonchev–Trinajstić information content (AvgIpc) is 2.38. The van der Waals surface area contributed by atoms with Gasteiger partial charge < -0.3 is 10.6 Å². The number of carbonyl (C=O) groups excluding carboxylic acids is 2. The van der Waals surface area contributed by atoms with Crippen molar-refractivity contribution in [1.82, 2.24) is 0 Å². The van der Waals surface area contributed by atoms with Crippen molar-refractivity contribution in [2.24, 2.45) is 0 Å². The van der Waals surface area contributed by atoms with Gasteiger partial charge >= 0.3 is 18.3 Å². The molecule has 108 valence electrons. The highest BCUT2D eigenvalue weighted by Crippen LogP contribution is 2.28. The summed E-state index contributed by atoms with van der Waals surface area (Å²) in [5, 5.41) is 4.31. The SMILES string of the molecule is O=C1CCc2cc(NC(=O)C(F)(F)C(F)F)ccc2N1. The van der Waals surface area contributed by atoms with E-state index in [1.54, 1.807) is 5.32 Å². The molecule has 1 aromatic rings. The molecule has 2 N–H and O–H groups in total. The minimum absolute atomic E-state index is 0.0229. The average molecular weight is 290 g/mol. The Kier molecular flexibility index (Phi) is 3.65. The van der Waals surface area contributed by atoms with Gasteiger partial charge in [-0.05, 0) is 30.2 Å². The van der Waals surface area contributed by atoms with Crippen LogP contribution in [0.2, 0.25) is 0 Å². The summed E-state index contributed by atoms with van der Waals surface area (Å²) in [6, 6.07) is 4.04. The van der Waals surface area contributed by atoms with Gasteiger partial charge in [-0.25, -0.2) is 8.78 Å². The van der Waals surface area contributed by atoms with E-state index in [1.165, 1.54) is 18.2 Å². The van der Waals surface area contributed by atoms with Gasteiger partial charge in [0.1, 0.15) is 0 Å². The maximum absolute atomic E-state index is 12.8. The van der Waals surface area contributed by atoms with Crippen LogP contribution in [0.5, 0.6) is 0 Å². The number of hydrogen-bond donors (Lipinski definition) is 2. The van der Waals surface area contributed by atoms with Gasteiger partial charge in [-0.1, -0.05) is 0 Å². The lowest BCUT2D eigenvalue weighted by atomic mass is 10.0. The van der Waals surface area contributed by atoms with E-state index >= 15 is 0 Å². The van der Waals surface area contributed by atoms with E-state index in [4.69, 9.17) is 0 Å². The van der Waals surface area contributed by atoms with E-state index in [-0.39, 0.29) is 18.0 Å². The quantitative estimate of drug-likeness (QED) is 0.840. The van der Waals surface area contributed by atoms with Crippen molar-refractivity contribution in [2.75, 3.05) is 10.6 Å². The minimum atomic E-state index is -4.75. The van der Waals surface area contributed by atoms with Gasteiger partial charge in [0.15, 0.2) is 0 Å². The van der Waals surface area contributed by atoms with Crippen molar-refractivity contribution >= 4 is 23.2 Å². The fourth-order valence-corrected chi connectivity index (χ4v) is 1.77. The van der Waals surface area contributed by atoms with E-state index in [1.807, 2.05) is 0 Å². The van der Waals surface area contributed by atoms with E-state index in [0.29, 0.717) is 17.7 Å². The first-order valence-electron chi connectivity index (χ1n) is 5.71. The minimum Gasteiger partial charge on any atom is -0.326 e. The number of rotatable bonds is 3. The number of anilines is 2. The van der Waals surface area contributed by atoms with Gasteiger partial charge in [-0.3, -0.25) is 9.59 Å². The van der Waals surface area contributed by atoms with E-state index in [2.05, 4.69) is 5.32 Å². The molecule has 1 aliphatic rings. The van der Waals surface area contributed by atoms with E-state index in [0.717, 1.165) is 0 Å². The molecular formula is C12H10F4N2O2. The summed E-state index contributed by atoms with van der Waals surface area (Å²) < 4.78 is 49.6. The molecule has 1 aromatic carbocycles. The van der Waals surface area contributed by atoms with Crippen LogP contribution in [-0.2, 0) is 16.0 Å². The van der Waals surface area contributed by atoms with Crippen molar-refractivity contribution in [1.29, 1.82) is 0 Å². The summed E-state index contributed by atoms with van der Waals surface area (Å²) in [5.74, 6) is -6.98. The Labute approximate surface area is 111 Å². The zero-order chi connectivity index (χ0) is 14.9. The molecular weight excluding hydrogens is 280 g/mol. The van der Waals surface area contributed by atoms with Crippen molar-refractivity contribution in [3.63, 3.8) is 0 Å². The molecule has 0 bridgehead atoms. The van der Waals surface area contributed by atoms with Crippen LogP contribution in [0.15, 0.2) is 18.2 Å². The molecule has 1 heterocycles. The predicted molar refractivity (Wildman–Crippen MR) is 63.0 cm³/mol. The lowest BCUT2D eigenvalue weighted by Crippen LogP contribution is -2.41. The number of amides is 2. The molecule has 0 aliphatic carbocycles. The van der Waals surface area contributed by atoms with Crippen LogP contribution < -0.4 is 10.6 Å². The molecule has 2 rings (SSSR count). The number of halogens is 4. The topological polar surface area (TPSA) is 58.2 Å². The highest BCUT2D eigenvalue weighted by atomic mass is 19.3. The van der Waals surface area contributed by atoms with Crippen LogP contribution in [0.1, 0.15) is 12.0 Å². The Balaban J connectivity index is 2.15. The van der Waals surface area contributed by atoms with Crippen molar-refractivity contribution in [2.45, 2.75) is 25.2 Å². The fourth-order valence-electron chi connectivity index (χ4n) is 1.77. The third kappa shape index (κ3) is 2.73. The van der Waals surface area contributed by atoms with E-state index in [9.17, 15) is 27.2 Å². The standard InChI is InChI=1S/C12H10F4N2O2/c13-10(14)12(15,16)11(20)17-7-2-3-8-6(5-7)1-4-9(19)18-8/h2-3,5,10H,1,4H2,(H,17,20)(H,18,19). The van der Waals surface area contributed by atoms with Gasteiger partial charge in [0.05, 0.1) is 0 Å². The van der Waals surface area contributed by atoms with Gasteiger partial charge in [0, 0.05) is 17.8 Å². The summed E-state index contributed by atoms with van der Waals surface area (Å²) in [6.45, 7) is 0. The normalized spacial score (nSPS) is 14.8. The second-order valence-electron chi connectivity index (χ2n) is 4.30. The number of aryl methyl sites for hydroxylation is 1. The monoisotopic (exact) mass is 290 g/mol. The number of benzene rings is 1. The molecule has 4 nitrogen and oxygen atoms in total. The summed E-state index contributed by atoms with van der Waals surface area (Å²) in [7, 11) is 0. The van der Waals surface area contributed by atoms with Gasteiger partial charge in [0.2, 0.25) is 5.91 Å². The molecule has 20 heavy (non-hydrogen) atoms. The Morgan fingerprint density at radius 1 is 1.30 bits per heavy atom. The number of hydrogen-bond acceptors (Lipinski definition) is 2. The molecule has 8 heteroatoms. The maximum Gasteiger partial charge on any atom is 0.383 e. The summed E-state index contributed by atoms with van der Waals surface area (Å²) in [6.07, 6.45) is -3.45. The lowest BCUT2D eigenvalue weighted by Gasteiger charge is -2.19. The van der Waals surface area contributed by atoms with Crippen molar-refractivity contribution in [3.8, 4) is 0 Å². The summed E-state index contributed by atoms with van der Waals surface area (Å²) >= 11 is 0. The zero-order valence-electron chi connectivity index (χ0n) is 10.1. The van der Waals surface area contributed by atoms with Crippen LogP contribution in [0, 0.1) is 0 Å². The summed E-state index contributed by atoms with van der Waals surface area (Å²) in [4.78, 5) is 22.2. The van der Waals surface area contributed by atoms with Crippen molar-refractivity contribution < 1.29 is 27.2 Å². The van der Waals surface area contributed by atoms with Gasteiger partial charge in [0.25, 0.3) is 0 Å². The van der Waals surface area contributed by atoms with Gasteiger partial charge in [-0.2, -0.15) is 8.78 Å². The van der Waals surface area contributed by atoms with E-state index < -0.39 is 18.3 Å². The number of alkyl halides is 4. The smallest absolute Gasteiger partial charge is 0.326 e. The number of fused-ring (bicyclic) bond motifs is 1. The van der Waals surface area contributed by atoms with Crippen LogP contribution in [-0.4, -0.2) is 24.2 Å². The first kappa shape index (κ1) is 14.3. The Bertz CT molecular complexity index is 560. The largest absolute Gasteiger partial charge is 0.383 e. The maximum atomic E-state index is 12.8. The molecule has 0 unspecified atom stereocenters. The zero-order valence-corrected chi connectivity index (χ0v) is 10.1. The number of nitrogens with one attached hydrogen (secondary N) is 2. The highest BCUT2D eigenvalue weighted by Gasteiger charge is 2.48. The molecule has 0 atom stereocenters. The first-order valence-corrected chi connectivity index (χ1v) is 5.71. The van der Waals surface area contributed by atoms with Crippen molar-refractivity contribution in [3.05, 3.63) is 23.8 Å². The van der Waals surface area contributed by atoms with Gasteiger partial charge in [-0.15, -0.1) is 0 Å². The second kappa shape index (κ2) is 5.10. The Hall–Kier alpha value is -2.12. The fraction of sp³-hybridized carbons (Fsp3) is 0.333. The molecule has 2 amide bonds. The highest BCUT2D eigenvalue weighted by molar-refractivity contribution is 5.98. The van der Waals surface area contributed by atoms with Crippen LogP contribution >= 0.6 is 0 Å². The molecule has 0 spiro atoms. The third-order valence-corrected chi connectivity index (χ3v) is 2.84. The Morgan fingerprint density at radius 3 is 2.65 bits per heavy atom. The van der Waals surface area contributed by atoms with Crippen LogP contribution in [0.25, 0.3) is 0 Å². The molecule has 0 saturated heterocycles. The molecule has 1 aliphatic heterocycles. The lowest BCUT2D eigenvalue weighted by molar-refractivity contribution is -0.163. The molecule has 0 radical (unpaired) electrons. The molecule has 0 aromatic heterocycles. The summed E-state index contributed by atoms with van der Waals surface area (Å²) in [5.41, 5.74) is 1.13. The second-order valence-corrected chi connectivity index (χ2v) is 4.30. The first-order chi connectivity index (χ1) is 9.30. The third-order valence-electron chi connectivity index (χ3n) is 2.84.